The van der Waals surface area contributed by atoms with Crippen LogP contribution >= 0.6 is 0 Å². The fourth-order valence-corrected chi connectivity index (χ4v) is 6.00. The molecule has 0 aromatic heterocycles. The van der Waals surface area contributed by atoms with Gasteiger partial charge >= 0.3 is 0 Å². The average Bonchev–Trinajstić information content (AvgIpc) is 3.06. The number of hydrogen-bond donors (Lipinski definition) is 4. The van der Waals surface area contributed by atoms with E-state index in [4.69, 9.17) is 0 Å². The summed E-state index contributed by atoms with van der Waals surface area (Å²) in [6.07, 6.45) is 45.6. The minimum Gasteiger partial charge on any atom is -0.394 e. The van der Waals surface area contributed by atoms with Crippen molar-refractivity contribution in [1.29, 1.82) is 0 Å². The number of aliphatic hydroxyl groups excluding tert-OH is 3. The van der Waals surface area contributed by atoms with E-state index in [9.17, 15) is 20.1 Å². The summed E-state index contributed by atoms with van der Waals surface area (Å²) in [6, 6.07) is -0.762. The van der Waals surface area contributed by atoms with E-state index in [-0.39, 0.29) is 18.9 Å². The summed E-state index contributed by atoms with van der Waals surface area (Å²) in [7, 11) is 0. The molecule has 0 aromatic carbocycles. The molecule has 0 aliphatic rings. The topological polar surface area (TPSA) is 89.8 Å². The first-order valence-electron chi connectivity index (χ1n) is 20.3. The van der Waals surface area contributed by atoms with Crippen LogP contribution in [0.4, 0.5) is 0 Å². The Bertz CT molecular complexity index is 734. The second-order valence-electron chi connectivity index (χ2n) is 13.9. The quantitative estimate of drug-likeness (QED) is 0.0397. The number of aliphatic hydroxyl groups is 3. The van der Waals surface area contributed by atoms with Crippen LogP contribution in [0.5, 0.6) is 0 Å². The minimum absolute atomic E-state index is 0.000337. The zero-order valence-electron chi connectivity index (χ0n) is 31.2. The Balaban J connectivity index is 3.76. The van der Waals surface area contributed by atoms with E-state index >= 15 is 0 Å². The van der Waals surface area contributed by atoms with Gasteiger partial charge in [-0.15, -0.1) is 0 Å². The van der Waals surface area contributed by atoms with Crippen LogP contribution in [-0.4, -0.2) is 46.1 Å². The number of unbranched alkanes of at least 4 members (excludes halogenated alkanes) is 23. The van der Waals surface area contributed by atoms with E-state index < -0.39 is 18.2 Å². The summed E-state index contributed by atoms with van der Waals surface area (Å²) in [6.45, 7) is 4.18. The molecular weight excluding hydrogens is 582 g/mol. The first kappa shape index (κ1) is 45.6. The normalized spacial score (nSPS) is 14.1. The van der Waals surface area contributed by atoms with Crippen LogP contribution in [0.1, 0.15) is 200 Å². The molecule has 0 aromatic rings. The smallest absolute Gasteiger partial charge is 0.222 e. The van der Waals surface area contributed by atoms with E-state index in [2.05, 4.69) is 43.5 Å². The van der Waals surface area contributed by atoms with E-state index in [0.717, 1.165) is 44.9 Å². The summed E-state index contributed by atoms with van der Waals surface area (Å²) in [5.74, 6) is -0.331. The largest absolute Gasteiger partial charge is 0.394 e. The molecule has 0 heterocycles. The van der Waals surface area contributed by atoms with E-state index in [1.54, 1.807) is 6.08 Å². The van der Waals surface area contributed by atoms with Gasteiger partial charge in [-0.25, -0.2) is 0 Å². The Morgan fingerprint density at radius 3 is 1.36 bits per heavy atom. The Morgan fingerprint density at radius 2 is 0.915 bits per heavy atom. The predicted octanol–water partition coefficient (Wildman–Crippen LogP) is 11.2. The molecule has 0 radical (unpaired) electrons. The molecule has 0 rings (SSSR count). The van der Waals surface area contributed by atoms with Crippen LogP contribution in [0.25, 0.3) is 0 Å². The summed E-state index contributed by atoms with van der Waals surface area (Å²) in [4.78, 5) is 12.4. The summed E-state index contributed by atoms with van der Waals surface area (Å²) in [5.41, 5.74) is 0. The Kier molecular flexibility index (Phi) is 36.3. The molecular formula is C42H79NO4. The van der Waals surface area contributed by atoms with Crippen LogP contribution < -0.4 is 5.32 Å². The molecule has 0 saturated carbocycles. The zero-order valence-corrected chi connectivity index (χ0v) is 31.2. The molecule has 0 fully saturated rings. The number of carbonyl (C=O) groups is 1. The van der Waals surface area contributed by atoms with Crippen molar-refractivity contribution >= 4 is 5.91 Å². The molecule has 0 saturated heterocycles. The lowest BCUT2D eigenvalue weighted by Crippen LogP contribution is -2.45. The number of rotatable bonds is 36. The Labute approximate surface area is 292 Å². The lowest BCUT2D eigenvalue weighted by molar-refractivity contribution is -0.124. The van der Waals surface area contributed by atoms with Crippen LogP contribution in [0, 0.1) is 0 Å². The average molecular weight is 662 g/mol. The van der Waals surface area contributed by atoms with Crippen molar-refractivity contribution in [3.8, 4) is 0 Å². The fourth-order valence-electron chi connectivity index (χ4n) is 6.00. The van der Waals surface area contributed by atoms with Gasteiger partial charge in [-0.2, -0.15) is 0 Å². The van der Waals surface area contributed by atoms with Crippen LogP contribution in [-0.2, 0) is 4.79 Å². The molecule has 0 spiro atoms. The number of amides is 1. The van der Waals surface area contributed by atoms with Gasteiger partial charge < -0.3 is 20.6 Å². The summed E-state index contributed by atoms with van der Waals surface area (Å²) < 4.78 is 0. The molecule has 3 atom stereocenters. The monoisotopic (exact) mass is 662 g/mol. The number of hydrogen-bond acceptors (Lipinski definition) is 4. The van der Waals surface area contributed by atoms with Crippen molar-refractivity contribution in [3.05, 3.63) is 36.5 Å². The van der Waals surface area contributed by atoms with Gasteiger partial charge in [-0.3, -0.25) is 4.79 Å². The van der Waals surface area contributed by atoms with Crippen LogP contribution in [0.15, 0.2) is 36.5 Å². The number of carbonyl (C=O) groups excluding carboxylic acids is 1. The van der Waals surface area contributed by atoms with Crippen molar-refractivity contribution in [2.24, 2.45) is 0 Å². The second kappa shape index (κ2) is 37.4. The lowest BCUT2D eigenvalue weighted by Gasteiger charge is -2.20. The molecule has 47 heavy (non-hydrogen) atoms. The first-order chi connectivity index (χ1) is 23.0. The maximum Gasteiger partial charge on any atom is 0.222 e. The van der Waals surface area contributed by atoms with Crippen molar-refractivity contribution < 1.29 is 20.1 Å². The van der Waals surface area contributed by atoms with E-state index in [1.807, 2.05) is 6.08 Å². The summed E-state index contributed by atoms with van der Waals surface area (Å²) >= 11 is 0. The molecule has 3 unspecified atom stereocenters. The highest BCUT2D eigenvalue weighted by molar-refractivity contribution is 5.76. The first-order valence-corrected chi connectivity index (χ1v) is 20.3. The highest BCUT2D eigenvalue weighted by Gasteiger charge is 2.20. The van der Waals surface area contributed by atoms with Crippen molar-refractivity contribution in [1.82, 2.24) is 5.32 Å². The van der Waals surface area contributed by atoms with Gasteiger partial charge in [0.15, 0.2) is 0 Å². The van der Waals surface area contributed by atoms with Gasteiger partial charge in [0.05, 0.1) is 31.3 Å². The second-order valence-corrected chi connectivity index (χ2v) is 13.9. The third-order valence-corrected chi connectivity index (χ3v) is 9.15. The van der Waals surface area contributed by atoms with Crippen LogP contribution in [0.3, 0.4) is 0 Å². The van der Waals surface area contributed by atoms with Gasteiger partial charge in [-0.1, -0.05) is 172 Å². The van der Waals surface area contributed by atoms with Gasteiger partial charge in [0, 0.05) is 0 Å². The van der Waals surface area contributed by atoms with Gasteiger partial charge in [0.1, 0.15) is 0 Å². The zero-order chi connectivity index (χ0) is 34.5. The molecule has 0 aliphatic carbocycles. The highest BCUT2D eigenvalue weighted by atomic mass is 16.3. The maximum absolute atomic E-state index is 12.4. The maximum atomic E-state index is 12.4. The predicted molar refractivity (Wildman–Crippen MR) is 204 cm³/mol. The van der Waals surface area contributed by atoms with E-state index in [0.29, 0.717) is 6.42 Å². The minimum atomic E-state index is -0.952. The molecule has 276 valence electrons. The molecule has 5 nitrogen and oxygen atoms in total. The lowest BCUT2D eigenvalue weighted by atomic mass is 10.0. The molecule has 1 amide bonds. The SMILES string of the molecule is CCCCCCCCCC/C=C\CCCCCCCC(O)CC(=O)NC(CO)C(O)/C=C/CC/C=C/CCCCCCCCCCC. The van der Waals surface area contributed by atoms with Crippen LogP contribution in [0.2, 0.25) is 0 Å². The van der Waals surface area contributed by atoms with E-state index in [1.165, 1.54) is 128 Å². The van der Waals surface area contributed by atoms with Gasteiger partial charge in [-0.05, 0) is 57.8 Å². The number of allylic oxidation sites excluding steroid dienone is 5. The molecule has 5 heteroatoms. The van der Waals surface area contributed by atoms with Gasteiger partial charge in [0.2, 0.25) is 5.91 Å². The van der Waals surface area contributed by atoms with Crippen molar-refractivity contribution in [2.75, 3.05) is 6.61 Å². The van der Waals surface area contributed by atoms with Crippen molar-refractivity contribution in [2.45, 2.75) is 218 Å². The standard InChI is InChI=1S/C42H79NO4/c1-3-5-7-9-11-13-15-17-19-20-22-23-25-27-29-31-33-35-39(45)37-42(47)43-40(38-44)41(46)36-34-32-30-28-26-24-21-18-16-14-12-10-8-6-4-2/h20,22,26,28,34,36,39-41,44-46H,3-19,21,23-25,27,29-33,35,37-38H2,1-2H3,(H,43,47)/b22-20-,28-26+,36-34+. The third kappa shape index (κ3) is 34.2. The molecule has 0 aliphatic heterocycles. The number of nitrogens with one attached hydrogen (secondary N) is 1. The summed E-state index contributed by atoms with van der Waals surface area (Å²) in [5, 5.41) is 33.1. The molecule has 4 N–H and O–H groups in total. The third-order valence-electron chi connectivity index (χ3n) is 9.15. The molecule has 0 bridgehead atoms. The fraction of sp³-hybridized carbons (Fsp3) is 0.833. The van der Waals surface area contributed by atoms with Gasteiger partial charge in [0.25, 0.3) is 0 Å². The highest BCUT2D eigenvalue weighted by Crippen LogP contribution is 2.13. The Morgan fingerprint density at radius 1 is 0.532 bits per heavy atom. The Hall–Kier alpha value is -1.43. The van der Waals surface area contributed by atoms with Crippen molar-refractivity contribution in [3.63, 3.8) is 0 Å².